The van der Waals surface area contributed by atoms with Crippen LogP contribution in [0.15, 0.2) is 6.07 Å². The molecule has 7 heteroatoms. The fraction of sp³-hybridized carbons (Fsp3) is 0. The summed E-state index contributed by atoms with van der Waals surface area (Å²) in [7, 11) is 0. The van der Waals surface area contributed by atoms with Gasteiger partial charge in [0.05, 0.1) is 9.95 Å². The number of hydrogen-bond acceptors (Lipinski definition) is 4. The number of nitrogens with zero attached hydrogens (tertiary/aromatic N) is 1. The molecule has 1 heterocycles. The lowest BCUT2D eigenvalue weighted by molar-refractivity contribution is -0.380. The molecule has 0 aliphatic heterocycles. The molecule has 1 amide bonds. The monoisotopic (exact) mass is 206 g/mol. The molecule has 0 aromatic carbocycles. The van der Waals surface area contributed by atoms with E-state index >= 15 is 0 Å². The fourth-order valence-electron chi connectivity index (χ4n) is 0.615. The third-order valence-corrected chi connectivity index (χ3v) is 2.59. The molecule has 0 radical (unpaired) electrons. The van der Waals surface area contributed by atoms with Gasteiger partial charge >= 0.3 is 5.00 Å². The molecule has 12 heavy (non-hydrogen) atoms. The van der Waals surface area contributed by atoms with Crippen molar-refractivity contribution in [2.75, 3.05) is 0 Å². The average molecular weight is 207 g/mol. The molecule has 0 aliphatic rings. The molecule has 0 fully saturated rings. The van der Waals surface area contributed by atoms with Crippen molar-refractivity contribution in [3.63, 3.8) is 0 Å². The normalized spacial score (nSPS) is 9.75. The Labute approximate surface area is 75.9 Å². The van der Waals surface area contributed by atoms with E-state index in [1.54, 1.807) is 0 Å². The molecule has 1 rings (SSSR count). The van der Waals surface area contributed by atoms with Gasteiger partial charge in [0.1, 0.15) is 4.88 Å². The fourth-order valence-corrected chi connectivity index (χ4v) is 1.71. The second kappa shape index (κ2) is 3.08. The van der Waals surface area contributed by atoms with Crippen LogP contribution in [0.5, 0.6) is 0 Å². The SMILES string of the molecule is NC(=O)c1sc([N+](=O)[O-])cc1Cl. The summed E-state index contributed by atoms with van der Waals surface area (Å²) < 4.78 is 0. The van der Waals surface area contributed by atoms with Crippen molar-refractivity contribution in [1.29, 1.82) is 0 Å². The van der Waals surface area contributed by atoms with Crippen LogP contribution in [-0.4, -0.2) is 10.8 Å². The third-order valence-electron chi connectivity index (χ3n) is 1.08. The number of rotatable bonds is 2. The number of nitro groups is 1. The summed E-state index contributed by atoms with van der Waals surface area (Å²) in [6.45, 7) is 0. The predicted molar refractivity (Wildman–Crippen MR) is 44.5 cm³/mol. The van der Waals surface area contributed by atoms with Gasteiger partial charge in [-0.05, 0) is 0 Å². The van der Waals surface area contributed by atoms with Crippen LogP contribution in [0.1, 0.15) is 9.67 Å². The Morgan fingerprint density at radius 3 is 2.58 bits per heavy atom. The summed E-state index contributed by atoms with van der Waals surface area (Å²) in [6.07, 6.45) is 0. The Balaban J connectivity index is 3.17. The minimum atomic E-state index is -0.752. The molecule has 1 aromatic heterocycles. The number of primary amides is 1. The van der Waals surface area contributed by atoms with E-state index in [1.165, 1.54) is 0 Å². The quantitative estimate of drug-likeness (QED) is 0.586. The molecule has 0 aliphatic carbocycles. The lowest BCUT2D eigenvalue weighted by Crippen LogP contribution is -2.08. The van der Waals surface area contributed by atoms with Gasteiger partial charge in [0.2, 0.25) is 0 Å². The molecule has 0 atom stereocenters. The minimum absolute atomic E-state index is 0.0170. The van der Waals surface area contributed by atoms with Crippen molar-refractivity contribution in [3.8, 4) is 0 Å². The van der Waals surface area contributed by atoms with Crippen LogP contribution in [0.2, 0.25) is 5.02 Å². The van der Waals surface area contributed by atoms with Gasteiger partial charge in [-0.1, -0.05) is 22.9 Å². The van der Waals surface area contributed by atoms with Crippen molar-refractivity contribution >= 4 is 33.8 Å². The summed E-state index contributed by atoms with van der Waals surface area (Å²) in [4.78, 5) is 20.2. The summed E-state index contributed by atoms with van der Waals surface area (Å²) in [5.74, 6) is -0.752. The lowest BCUT2D eigenvalue weighted by atomic mass is 10.4. The van der Waals surface area contributed by atoms with Crippen LogP contribution >= 0.6 is 22.9 Å². The molecule has 5 nitrogen and oxygen atoms in total. The highest BCUT2D eigenvalue weighted by molar-refractivity contribution is 7.17. The summed E-state index contributed by atoms with van der Waals surface area (Å²) in [5, 5.41) is 10.0. The number of hydrogen-bond donors (Lipinski definition) is 1. The molecule has 2 N–H and O–H groups in total. The van der Waals surface area contributed by atoms with E-state index in [1.807, 2.05) is 0 Å². The van der Waals surface area contributed by atoms with E-state index in [0.29, 0.717) is 11.3 Å². The maximum absolute atomic E-state index is 10.6. The Bertz CT molecular complexity index is 348. The van der Waals surface area contributed by atoms with E-state index in [-0.39, 0.29) is 14.9 Å². The number of amides is 1. The van der Waals surface area contributed by atoms with Gasteiger partial charge in [0, 0.05) is 6.07 Å². The zero-order chi connectivity index (χ0) is 9.30. The van der Waals surface area contributed by atoms with Crippen LogP contribution in [0.25, 0.3) is 0 Å². The summed E-state index contributed by atoms with van der Waals surface area (Å²) >= 11 is 6.16. The highest BCUT2D eigenvalue weighted by Crippen LogP contribution is 2.31. The molecular weight excluding hydrogens is 204 g/mol. The molecule has 0 saturated carbocycles. The van der Waals surface area contributed by atoms with E-state index in [9.17, 15) is 14.9 Å². The number of halogens is 1. The van der Waals surface area contributed by atoms with Crippen LogP contribution < -0.4 is 5.73 Å². The zero-order valence-electron chi connectivity index (χ0n) is 5.61. The van der Waals surface area contributed by atoms with Crippen molar-refractivity contribution in [3.05, 3.63) is 26.1 Å². The first kappa shape index (κ1) is 8.95. The van der Waals surface area contributed by atoms with Gasteiger partial charge in [-0.2, -0.15) is 0 Å². The molecule has 1 aromatic rings. The van der Waals surface area contributed by atoms with Gasteiger partial charge in [-0.15, -0.1) is 0 Å². The minimum Gasteiger partial charge on any atom is -0.365 e. The summed E-state index contributed by atoms with van der Waals surface area (Å²) in [5.41, 5.74) is 4.89. The van der Waals surface area contributed by atoms with Crippen molar-refractivity contribution < 1.29 is 9.72 Å². The number of carbonyl (C=O) groups excluding carboxylic acids is 1. The first-order chi connectivity index (χ1) is 5.52. The van der Waals surface area contributed by atoms with E-state index < -0.39 is 10.8 Å². The molecular formula is C5H3ClN2O3S. The van der Waals surface area contributed by atoms with Gasteiger partial charge in [0.15, 0.2) is 0 Å². The smallest absolute Gasteiger partial charge is 0.326 e. The predicted octanol–water partition coefficient (Wildman–Crippen LogP) is 1.41. The topological polar surface area (TPSA) is 86.2 Å². The van der Waals surface area contributed by atoms with E-state index in [0.717, 1.165) is 6.07 Å². The lowest BCUT2D eigenvalue weighted by Gasteiger charge is -1.84. The molecule has 0 saturated heterocycles. The summed E-state index contributed by atoms with van der Waals surface area (Å²) in [6, 6.07) is 1.10. The largest absolute Gasteiger partial charge is 0.365 e. The highest BCUT2D eigenvalue weighted by Gasteiger charge is 2.18. The molecule has 0 bridgehead atoms. The standard InChI is InChI=1S/C5H3ClN2O3S/c6-2-1-3(8(10)11)12-4(2)5(7)9/h1H,(H2,7,9). The maximum atomic E-state index is 10.6. The van der Waals surface area contributed by atoms with Crippen LogP contribution in [-0.2, 0) is 0 Å². The zero-order valence-corrected chi connectivity index (χ0v) is 7.19. The Morgan fingerprint density at radius 2 is 2.33 bits per heavy atom. The first-order valence-electron chi connectivity index (χ1n) is 2.76. The third kappa shape index (κ3) is 1.54. The Morgan fingerprint density at radius 1 is 1.75 bits per heavy atom. The van der Waals surface area contributed by atoms with Gasteiger partial charge in [-0.25, -0.2) is 0 Å². The second-order valence-corrected chi connectivity index (χ2v) is 3.32. The molecule has 64 valence electrons. The molecule has 0 spiro atoms. The highest BCUT2D eigenvalue weighted by atomic mass is 35.5. The van der Waals surface area contributed by atoms with Crippen LogP contribution in [0, 0.1) is 10.1 Å². The second-order valence-electron chi connectivity index (χ2n) is 1.88. The number of nitrogens with two attached hydrogens (primary N) is 1. The Hall–Kier alpha value is -1.14. The van der Waals surface area contributed by atoms with Crippen molar-refractivity contribution in [1.82, 2.24) is 0 Å². The number of thiophene rings is 1. The van der Waals surface area contributed by atoms with Gasteiger partial charge < -0.3 is 5.73 Å². The van der Waals surface area contributed by atoms with E-state index in [4.69, 9.17) is 17.3 Å². The van der Waals surface area contributed by atoms with E-state index in [2.05, 4.69) is 0 Å². The Kier molecular flexibility index (Phi) is 2.30. The maximum Gasteiger partial charge on any atom is 0.326 e. The average Bonchev–Trinajstić information content (AvgIpc) is 2.30. The van der Waals surface area contributed by atoms with Crippen LogP contribution in [0.4, 0.5) is 5.00 Å². The van der Waals surface area contributed by atoms with Gasteiger partial charge in [0.25, 0.3) is 5.91 Å². The number of carbonyl (C=O) groups is 1. The first-order valence-corrected chi connectivity index (χ1v) is 3.95. The van der Waals surface area contributed by atoms with Crippen molar-refractivity contribution in [2.45, 2.75) is 0 Å². The van der Waals surface area contributed by atoms with Crippen LogP contribution in [0.3, 0.4) is 0 Å². The van der Waals surface area contributed by atoms with Crippen molar-refractivity contribution in [2.24, 2.45) is 5.73 Å². The van der Waals surface area contributed by atoms with Gasteiger partial charge in [-0.3, -0.25) is 14.9 Å². The molecule has 0 unspecified atom stereocenters.